The zero-order valence-electron chi connectivity index (χ0n) is 14.5. The van der Waals surface area contributed by atoms with Gasteiger partial charge >= 0.3 is 0 Å². The third-order valence-electron chi connectivity index (χ3n) is 4.42. The predicted octanol–water partition coefficient (Wildman–Crippen LogP) is 1.72. The van der Waals surface area contributed by atoms with Gasteiger partial charge in [0.25, 0.3) is 0 Å². The van der Waals surface area contributed by atoms with E-state index in [2.05, 4.69) is 5.10 Å². The Kier molecular flexibility index (Phi) is 5.02. The molecule has 2 amide bonds. The van der Waals surface area contributed by atoms with E-state index in [0.29, 0.717) is 25.3 Å². The van der Waals surface area contributed by atoms with E-state index in [0.717, 1.165) is 5.69 Å². The number of para-hydroxylation sites is 2. The molecule has 0 spiro atoms. The van der Waals surface area contributed by atoms with Gasteiger partial charge in [0.2, 0.25) is 11.8 Å². The van der Waals surface area contributed by atoms with Crippen molar-refractivity contribution in [2.24, 2.45) is 0 Å². The second kappa shape index (κ2) is 7.38. The highest BCUT2D eigenvalue weighted by atomic mass is 16.5. The highest BCUT2D eigenvalue weighted by Crippen LogP contribution is 2.29. The van der Waals surface area contributed by atoms with Gasteiger partial charge in [0.15, 0.2) is 0 Å². The van der Waals surface area contributed by atoms with Gasteiger partial charge in [-0.25, -0.2) is 0 Å². The molecule has 25 heavy (non-hydrogen) atoms. The number of hydrogen-bond acceptors (Lipinski definition) is 4. The number of carbonyl (C=O) groups excluding carboxylic acids is 2. The molecule has 3 rings (SSSR count). The summed E-state index contributed by atoms with van der Waals surface area (Å²) in [6.45, 7) is 2.94. The average Bonchev–Trinajstić information content (AvgIpc) is 3.16. The maximum atomic E-state index is 12.8. The minimum Gasteiger partial charge on any atom is -0.495 e. The van der Waals surface area contributed by atoms with Crippen LogP contribution < -0.4 is 9.64 Å². The minimum absolute atomic E-state index is 0.0641. The Labute approximate surface area is 146 Å². The maximum Gasteiger partial charge on any atom is 0.247 e. The average molecular weight is 342 g/mol. The molecule has 1 aromatic carbocycles. The van der Waals surface area contributed by atoms with Crippen molar-refractivity contribution in [2.75, 3.05) is 31.6 Å². The number of benzene rings is 1. The fourth-order valence-electron chi connectivity index (χ4n) is 3.12. The summed E-state index contributed by atoms with van der Waals surface area (Å²) in [5, 5.41) is 4.16. The third kappa shape index (κ3) is 3.35. The number of anilines is 1. The predicted molar refractivity (Wildman–Crippen MR) is 93.5 cm³/mol. The normalized spacial score (nSPS) is 16.0. The van der Waals surface area contributed by atoms with Crippen molar-refractivity contribution in [3.05, 3.63) is 42.7 Å². The van der Waals surface area contributed by atoms with Crippen molar-refractivity contribution >= 4 is 17.5 Å². The van der Waals surface area contributed by atoms with Gasteiger partial charge in [0.05, 0.1) is 12.8 Å². The van der Waals surface area contributed by atoms with E-state index in [1.807, 2.05) is 31.2 Å². The molecule has 1 saturated heterocycles. The molecule has 1 aromatic heterocycles. The van der Waals surface area contributed by atoms with Crippen LogP contribution in [0.4, 0.5) is 5.69 Å². The van der Waals surface area contributed by atoms with E-state index in [1.165, 1.54) is 0 Å². The summed E-state index contributed by atoms with van der Waals surface area (Å²) in [6.07, 6.45) is 4.06. The molecule has 1 aliphatic heterocycles. The summed E-state index contributed by atoms with van der Waals surface area (Å²) >= 11 is 0. The van der Waals surface area contributed by atoms with Crippen molar-refractivity contribution in [2.45, 2.75) is 19.4 Å². The highest BCUT2D eigenvalue weighted by Gasteiger charge is 2.32. The smallest absolute Gasteiger partial charge is 0.247 e. The first kappa shape index (κ1) is 17.0. The Hall–Kier alpha value is -2.83. The van der Waals surface area contributed by atoms with E-state index in [9.17, 15) is 9.59 Å². The number of carbonyl (C=O) groups is 2. The van der Waals surface area contributed by atoms with E-state index in [-0.39, 0.29) is 24.4 Å². The standard InChI is InChI=1S/C18H22N4O3/c1-3-14(22-10-6-9-19-22)18(24)20-11-12-21(17(23)13-20)15-7-4-5-8-16(15)25-2/h4-10,14H,3,11-13H2,1-2H3. The zero-order chi connectivity index (χ0) is 17.8. The summed E-state index contributed by atoms with van der Waals surface area (Å²) in [5.41, 5.74) is 0.737. The van der Waals surface area contributed by atoms with Crippen LogP contribution >= 0.6 is 0 Å². The van der Waals surface area contributed by atoms with E-state index in [4.69, 9.17) is 4.74 Å². The first-order valence-electron chi connectivity index (χ1n) is 8.37. The topological polar surface area (TPSA) is 67.7 Å². The lowest BCUT2D eigenvalue weighted by molar-refractivity contribution is -0.140. The van der Waals surface area contributed by atoms with E-state index < -0.39 is 0 Å². The molecule has 0 radical (unpaired) electrons. The molecule has 7 heteroatoms. The van der Waals surface area contributed by atoms with Crippen LogP contribution in [0.1, 0.15) is 19.4 Å². The highest BCUT2D eigenvalue weighted by molar-refractivity contribution is 5.99. The minimum atomic E-state index is -0.374. The molecular formula is C18H22N4O3. The van der Waals surface area contributed by atoms with Crippen molar-refractivity contribution in [3.63, 3.8) is 0 Å². The first-order chi connectivity index (χ1) is 12.2. The van der Waals surface area contributed by atoms with Gasteiger partial charge in [-0.05, 0) is 24.6 Å². The fourth-order valence-corrected chi connectivity index (χ4v) is 3.12. The van der Waals surface area contributed by atoms with Gasteiger partial charge in [-0.3, -0.25) is 14.3 Å². The molecule has 1 unspecified atom stereocenters. The number of rotatable bonds is 5. The number of amides is 2. The first-order valence-corrected chi connectivity index (χ1v) is 8.37. The summed E-state index contributed by atoms with van der Waals surface area (Å²) < 4.78 is 6.99. The lowest BCUT2D eigenvalue weighted by Crippen LogP contribution is -2.54. The molecule has 7 nitrogen and oxygen atoms in total. The van der Waals surface area contributed by atoms with E-state index in [1.54, 1.807) is 40.1 Å². The Morgan fingerprint density at radius 3 is 2.72 bits per heavy atom. The van der Waals surface area contributed by atoms with Gasteiger partial charge in [0.1, 0.15) is 18.3 Å². The van der Waals surface area contributed by atoms with Crippen LogP contribution in [-0.2, 0) is 9.59 Å². The SMILES string of the molecule is CCC(C(=O)N1CCN(c2ccccc2OC)C(=O)C1)n1cccn1. The van der Waals surface area contributed by atoms with Crippen molar-refractivity contribution in [1.82, 2.24) is 14.7 Å². The molecule has 2 aromatic rings. The number of piperazine rings is 1. The molecule has 2 heterocycles. The van der Waals surface area contributed by atoms with Crippen LogP contribution in [0.2, 0.25) is 0 Å². The van der Waals surface area contributed by atoms with Gasteiger partial charge in [0, 0.05) is 25.5 Å². The third-order valence-corrected chi connectivity index (χ3v) is 4.42. The Morgan fingerprint density at radius 2 is 2.08 bits per heavy atom. The Bertz CT molecular complexity index is 745. The van der Waals surface area contributed by atoms with Gasteiger partial charge in [-0.1, -0.05) is 19.1 Å². The van der Waals surface area contributed by atoms with Crippen molar-refractivity contribution in [3.8, 4) is 5.75 Å². The van der Waals surface area contributed by atoms with Crippen LogP contribution in [0, 0.1) is 0 Å². The van der Waals surface area contributed by atoms with Crippen molar-refractivity contribution in [1.29, 1.82) is 0 Å². The molecule has 0 N–H and O–H groups in total. The summed E-state index contributed by atoms with van der Waals surface area (Å²) in [4.78, 5) is 28.7. The van der Waals surface area contributed by atoms with Crippen LogP contribution in [0.15, 0.2) is 42.7 Å². The molecule has 0 saturated carbocycles. The number of aromatic nitrogens is 2. The molecule has 1 aliphatic rings. The molecular weight excluding hydrogens is 320 g/mol. The number of hydrogen-bond donors (Lipinski definition) is 0. The second-order valence-electron chi connectivity index (χ2n) is 5.89. The summed E-state index contributed by atoms with van der Waals surface area (Å²) in [5.74, 6) is 0.470. The molecule has 1 fully saturated rings. The van der Waals surface area contributed by atoms with Crippen molar-refractivity contribution < 1.29 is 14.3 Å². The number of nitrogens with zero attached hydrogens (tertiary/aromatic N) is 4. The lowest BCUT2D eigenvalue weighted by atomic mass is 10.1. The van der Waals surface area contributed by atoms with Gasteiger partial charge in [-0.2, -0.15) is 5.10 Å². The maximum absolute atomic E-state index is 12.8. The van der Waals surface area contributed by atoms with Crippen LogP contribution in [0.5, 0.6) is 5.75 Å². The molecule has 0 bridgehead atoms. The number of methoxy groups -OCH3 is 1. The lowest BCUT2D eigenvalue weighted by Gasteiger charge is -2.36. The molecule has 0 aliphatic carbocycles. The molecule has 1 atom stereocenters. The van der Waals surface area contributed by atoms with E-state index >= 15 is 0 Å². The molecule has 132 valence electrons. The summed E-state index contributed by atoms with van der Waals surface area (Å²) in [6, 6.07) is 8.83. The Morgan fingerprint density at radius 1 is 1.28 bits per heavy atom. The van der Waals surface area contributed by atoms with Gasteiger partial charge < -0.3 is 14.5 Å². The zero-order valence-corrected chi connectivity index (χ0v) is 14.5. The Balaban J connectivity index is 1.73. The second-order valence-corrected chi connectivity index (χ2v) is 5.89. The van der Waals surface area contributed by atoms with Crippen LogP contribution in [0.3, 0.4) is 0 Å². The fraction of sp³-hybridized carbons (Fsp3) is 0.389. The number of ether oxygens (including phenoxy) is 1. The quantitative estimate of drug-likeness (QED) is 0.830. The monoisotopic (exact) mass is 342 g/mol. The van der Waals surface area contributed by atoms with Crippen LogP contribution in [0.25, 0.3) is 0 Å². The summed E-state index contributed by atoms with van der Waals surface area (Å²) in [7, 11) is 1.58. The van der Waals surface area contributed by atoms with Crippen LogP contribution in [-0.4, -0.2) is 53.2 Å². The largest absolute Gasteiger partial charge is 0.495 e. The van der Waals surface area contributed by atoms with Gasteiger partial charge in [-0.15, -0.1) is 0 Å².